The Labute approximate surface area is 103 Å². The maximum Gasteiger partial charge on any atom is 0.242 e. The van der Waals surface area contributed by atoms with E-state index < -0.39 is 6.04 Å². The quantitative estimate of drug-likeness (QED) is 0.752. The Bertz CT molecular complexity index is 445. The van der Waals surface area contributed by atoms with Crippen LogP contribution in [0.4, 0.5) is 5.13 Å². The molecule has 7 heteroatoms. The minimum atomic E-state index is -0.410. The van der Waals surface area contributed by atoms with Crippen molar-refractivity contribution < 1.29 is 9.59 Å². The Morgan fingerprint density at radius 3 is 3.18 bits per heavy atom. The van der Waals surface area contributed by atoms with Gasteiger partial charge in [0.1, 0.15) is 6.04 Å². The number of nitrogen functional groups attached to an aromatic ring is 1. The first kappa shape index (κ1) is 11.8. The highest BCUT2D eigenvalue weighted by Crippen LogP contribution is 2.13. The Morgan fingerprint density at radius 2 is 2.53 bits per heavy atom. The lowest BCUT2D eigenvalue weighted by molar-refractivity contribution is -0.142. The third kappa shape index (κ3) is 2.55. The van der Waals surface area contributed by atoms with Crippen molar-refractivity contribution in [3.05, 3.63) is 11.1 Å². The summed E-state index contributed by atoms with van der Waals surface area (Å²) in [5.74, 6) is -0.194. The molecule has 6 nitrogen and oxygen atoms in total. The van der Waals surface area contributed by atoms with Crippen LogP contribution in [0.25, 0.3) is 0 Å². The lowest BCUT2D eigenvalue weighted by atomic mass is 10.2. The predicted molar refractivity (Wildman–Crippen MR) is 64.4 cm³/mol. The van der Waals surface area contributed by atoms with Crippen LogP contribution in [0.2, 0.25) is 0 Å². The van der Waals surface area contributed by atoms with E-state index >= 15 is 0 Å². The number of rotatable bonds is 2. The molecule has 0 saturated carbocycles. The maximum absolute atomic E-state index is 12.0. The second-order valence-electron chi connectivity index (χ2n) is 3.91. The first-order valence-electron chi connectivity index (χ1n) is 5.35. The van der Waals surface area contributed by atoms with E-state index in [1.807, 2.05) is 0 Å². The summed E-state index contributed by atoms with van der Waals surface area (Å²) in [4.78, 5) is 29.0. The molecule has 0 bridgehead atoms. The van der Waals surface area contributed by atoms with E-state index in [1.165, 1.54) is 11.3 Å². The van der Waals surface area contributed by atoms with Gasteiger partial charge in [-0.25, -0.2) is 4.98 Å². The Kier molecular flexibility index (Phi) is 3.28. The number of anilines is 1. The van der Waals surface area contributed by atoms with Gasteiger partial charge in [-0.3, -0.25) is 9.59 Å². The average molecular weight is 254 g/mol. The molecule has 1 atom stereocenters. The highest BCUT2D eigenvalue weighted by Gasteiger charge is 2.29. The van der Waals surface area contributed by atoms with E-state index in [0.29, 0.717) is 23.9 Å². The van der Waals surface area contributed by atoms with E-state index in [0.717, 1.165) is 0 Å². The van der Waals surface area contributed by atoms with Crippen molar-refractivity contribution in [2.45, 2.75) is 19.4 Å². The predicted octanol–water partition coefficient (Wildman–Crippen LogP) is -0.385. The van der Waals surface area contributed by atoms with Gasteiger partial charge in [0.15, 0.2) is 5.13 Å². The fourth-order valence-corrected chi connectivity index (χ4v) is 2.35. The molecule has 2 amide bonds. The van der Waals surface area contributed by atoms with E-state index in [-0.39, 0.29) is 18.2 Å². The van der Waals surface area contributed by atoms with Gasteiger partial charge in [-0.1, -0.05) is 0 Å². The number of piperazine rings is 1. The SMILES string of the molecule is CC1C(=O)NCCN1C(=O)Cc1csc(N)n1. The number of carbonyl (C=O) groups is 2. The third-order valence-corrected chi connectivity index (χ3v) is 3.44. The number of hydrogen-bond donors (Lipinski definition) is 2. The maximum atomic E-state index is 12.0. The molecule has 0 radical (unpaired) electrons. The van der Waals surface area contributed by atoms with Crippen molar-refractivity contribution in [3.63, 3.8) is 0 Å². The summed E-state index contributed by atoms with van der Waals surface area (Å²) in [7, 11) is 0. The zero-order chi connectivity index (χ0) is 12.4. The molecule has 92 valence electrons. The normalized spacial score (nSPS) is 20.2. The molecule has 17 heavy (non-hydrogen) atoms. The minimum absolute atomic E-state index is 0.0855. The van der Waals surface area contributed by atoms with Crippen LogP contribution >= 0.6 is 11.3 Å². The molecule has 1 fully saturated rings. The first-order valence-corrected chi connectivity index (χ1v) is 6.23. The fraction of sp³-hybridized carbons (Fsp3) is 0.500. The second kappa shape index (κ2) is 4.70. The molecule has 2 heterocycles. The van der Waals surface area contributed by atoms with E-state index in [9.17, 15) is 9.59 Å². The summed E-state index contributed by atoms with van der Waals surface area (Å²) in [5.41, 5.74) is 6.16. The molecule has 3 N–H and O–H groups in total. The van der Waals surface area contributed by atoms with Crippen LogP contribution in [-0.2, 0) is 16.0 Å². The number of nitrogens with one attached hydrogen (secondary N) is 1. The lowest BCUT2D eigenvalue weighted by Crippen LogP contribution is -2.56. The first-order chi connectivity index (χ1) is 8.08. The van der Waals surface area contributed by atoms with Crippen molar-refractivity contribution in [1.82, 2.24) is 15.2 Å². The largest absolute Gasteiger partial charge is 0.375 e. The van der Waals surface area contributed by atoms with Crippen LogP contribution in [0.5, 0.6) is 0 Å². The van der Waals surface area contributed by atoms with Crippen LogP contribution in [0.15, 0.2) is 5.38 Å². The molecular formula is C10H14N4O2S. The molecule has 1 saturated heterocycles. The smallest absolute Gasteiger partial charge is 0.242 e. The number of carbonyl (C=O) groups excluding carboxylic acids is 2. The highest BCUT2D eigenvalue weighted by molar-refractivity contribution is 7.13. The van der Waals surface area contributed by atoms with Gasteiger partial charge in [-0.2, -0.15) is 0 Å². The summed E-state index contributed by atoms with van der Waals surface area (Å²) >= 11 is 1.31. The monoisotopic (exact) mass is 254 g/mol. The van der Waals surface area contributed by atoms with Crippen molar-refractivity contribution in [2.24, 2.45) is 0 Å². The van der Waals surface area contributed by atoms with Crippen LogP contribution in [0.1, 0.15) is 12.6 Å². The highest BCUT2D eigenvalue weighted by atomic mass is 32.1. The number of hydrogen-bond acceptors (Lipinski definition) is 5. The Balaban J connectivity index is 2.02. The topological polar surface area (TPSA) is 88.3 Å². The second-order valence-corrected chi connectivity index (χ2v) is 4.80. The van der Waals surface area contributed by atoms with Gasteiger partial charge in [0.25, 0.3) is 0 Å². The number of aromatic nitrogens is 1. The molecule has 1 aromatic rings. The van der Waals surface area contributed by atoms with Gasteiger partial charge in [-0.05, 0) is 6.92 Å². The number of nitrogens with two attached hydrogens (primary N) is 1. The minimum Gasteiger partial charge on any atom is -0.375 e. The molecule has 0 spiro atoms. The summed E-state index contributed by atoms with van der Waals surface area (Å²) in [6.45, 7) is 2.78. The van der Waals surface area contributed by atoms with E-state index in [1.54, 1.807) is 17.2 Å². The van der Waals surface area contributed by atoms with Crippen molar-refractivity contribution in [3.8, 4) is 0 Å². The van der Waals surface area contributed by atoms with Gasteiger partial charge in [-0.15, -0.1) is 11.3 Å². The zero-order valence-corrected chi connectivity index (χ0v) is 10.3. The molecule has 1 unspecified atom stereocenters. The Morgan fingerprint density at radius 1 is 1.76 bits per heavy atom. The van der Waals surface area contributed by atoms with Gasteiger partial charge in [0.05, 0.1) is 12.1 Å². The fourth-order valence-electron chi connectivity index (χ4n) is 1.78. The van der Waals surface area contributed by atoms with Gasteiger partial charge >= 0.3 is 0 Å². The van der Waals surface area contributed by atoms with E-state index in [4.69, 9.17) is 5.73 Å². The number of nitrogens with zero attached hydrogens (tertiary/aromatic N) is 2. The summed E-state index contributed by atoms with van der Waals surface area (Å²) in [5, 5.41) is 4.94. The van der Waals surface area contributed by atoms with Crippen LogP contribution in [0, 0.1) is 0 Å². The lowest BCUT2D eigenvalue weighted by Gasteiger charge is -2.32. The number of amides is 2. The average Bonchev–Trinajstić information content (AvgIpc) is 2.68. The summed E-state index contributed by atoms with van der Waals surface area (Å²) < 4.78 is 0. The molecule has 1 aliphatic heterocycles. The standard InChI is InChI=1S/C10H14N4O2S/c1-6-9(16)12-2-3-14(6)8(15)4-7-5-17-10(11)13-7/h5-6H,2-4H2,1H3,(H2,11,13)(H,12,16). The van der Waals surface area contributed by atoms with Gasteiger partial charge < -0.3 is 16.0 Å². The third-order valence-electron chi connectivity index (χ3n) is 2.72. The molecule has 2 rings (SSSR count). The van der Waals surface area contributed by atoms with Crippen molar-refractivity contribution in [1.29, 1.82) is 0 Å². The van der Waals surface area contributed by atoms with Crippen LogP contribution in [0.3, 0.4) is 0 Å². The van der Waals surface area contributed by atoms with Crippen LogP contribution < -0.4 is 11.1 Å². The number of thiazole rings is 1. The van der Waals surface area contributed by atoms with Gasteiger partial charge in [0, 0.05) is 18.5 Å². The molecule has 1 aromatic heterocycles. The molecular weight excluding hydrogens is 240 g/mol. The van der Waals surface area contributed by atoms with Crippen molar-refractivity contribution in [2.75, 3.05) is 18.8 Å². The zero-order valence-electron chi connectivity index (χ0n) is 9.47. The van der Waals surface area contributed by atoms with Crippen molar-refractivity contribution >= 4 is 28.3 Å². The van der Waals surface area contributed by atoms with E-state index in [2.05, 4.69) is 10.3 Å². The molecule has 0 aliphatic carbocycles. The van der Waals surface area contributed by atoms with Gasteiger partial charge in [0.2, 0.25) is 11.8 Å². The summed E-state index contributed by atoms with van der Waals surface area (Å²) in [6.07, 6.45) is 0.200. The molecule has 1 aliphatic rings. The Hall–Kier alpha value is -1.63. The summed E-state index contributed by atoms with van der Waals surface area (Å²) in [6, 6.07) is -0.410. The van der Waals surface area contributed by atoms with Crippen LogP contribution in [-0.4, -0.2) is 40.8 Å². The molecule has 0 aromatic carbocycles.